The Balaban J connectivity index is 2.02. The number of rotatable bonds is 6. The first-order chi connectivity index (χ1) is 9.50. The van der Waals surface area contributed by atoms with E-state index in [2.05, 4.69) is 14.9 Å². The largest absolute Gasteiger partial charge is 0.392 e. The summed E-state index contributed by atoms with van der Waals surface area (Å²) in [6.45, 7) is -0.0151. The Morgan fingerprint density at radius 3 is 2.75 bits per heavy atom. The molecule has 20 heavy (non-hydrogen) atoms. The van der Waals surface area contributed by atoms with Crippen molar-refractivity contribution in [3.05, 3.63) is 47.5 Å². The van der Waals surface area contributed by atoms with Gasteiger partial charge in [-0.3, -0.25) is 0 Å². The highest BCUT2D eigenvalue weighted by molar-refractivity contribution is 7.88. The lowest BCUT2D eigenvalue weighted by Crippen LogP contribution is -2.26. The number of aryl methyl sites for hydroxylation is 1. The van der Waals surface area contributed by atoms with Gasteiger partial charge in [0.2, 0.25) is 10.0 Å². The number of nitrogens with one attached hydrogen (secondary N) is 1. The monoisotopic (exact) mass is 296 g/mol. The van der Waals surface area contributed by atoms with Gasteiger partial charge in [-0.2, -0.15) is 0 Å². The van der Waals surface area contributed by atoms with E-state index >= 15 is 0 Å². The maximum Gasteiger partial charge on any atom is 0.216 e. The zero-order valence-corrected chi connectivity index (χ0v) is 11.8. The normalized spacial score (nSPS) is 11.7. The van der Waals surface area contributed by atoms with Crippen molar-refractivity contribution in [3.63, 3.8) is 0 Å². The lowest BCUT2D eigenvalue weighted by Gasteiger charge is -2.07. The van der Waals surface area contributed by atoms with Crippen LogP contribution >= 0.6 is 0 Å². The van der Waals surface area contributed by atoms with Gasteiger partial charge in [-0.1, -0.05) is 24.3 Å². The van der Waals surface area contributed by atoms with E-state index < -0.39 is 10.0 Å². The molecule has 0 atom stereocenters. The van der Waals surface area contributed by atoms with E-state index in [-0.39, 0.29) is 18.9 Å². The fourth-order valence-corrected chi connectivity index (χ4v) is 2.80. The standard InChI is InChI=1S/C12H16N4O3S/c1-16-9-13-15-12(16)6-14-20(18,19)8-11-4-2-3-10(5-11)7-17/h2-5,9,14,17H,6-8H2,1H3. The van der Waals surface area contributed by atoms with E-state index in [1.165, 1.54) is 6.33 Å². The van der Waals surface area contributed by atoms with Gasteiger partial charge < -0.3 is 9.67 Å². The van der Waals surface area contributed by atoms with Crippen molar-refractivity contribution in [2.45, 2.75) is 18.9 Å². The van der Waals surface area contributed by atoms with Gasteiger partial charge in [0.05, 0.1) is 18.9 Å². The summed E-state index contributed by atoms with van der Waals surface area (Å²) >= 11 is 0. The van der Waals surface area contributed by atoms with Crippen LogP contribution < -0.4 is 4.72 Å². The molecule has 0 fully saturated rings. The van der Waals surface area contributed by atoms with E-state index in [1.807, 2.05) is 0 Å². The van der Waals surface area contributed by atoms with Gasteiger partial charge in [0.1, 0.15) is 12.2 Å². The highest BCUT2D eigenvalue weighted by Crippen LogP contribution is 2.09. The van der Waals surface area contributed by atoms with E-state index in [4.69, 9.17) is 5.11 Å². The lowest BCUT2D eigenvalue weighted by atomic mass is 10.1. The maximum absolute atomic E-state index is 12.0. The summed E-state index contributed by atoms with van der Waals surface area (Å²) in [5.41, 5.74) is 1.31. The Hall–Kier alpha value is -1.77. The van der Waals surface area contributed by atoms with Crippen LogP contribution in [-0.2, 0) is 36.0 Å². The van der Waals surface area contributed by atoms with Crippen molar-refractivity contribution in [1.82, 2.24) is 19.5 Å². The predicted molar refractivity (Wildman–Crippen MR) is 72.8 cm³/mol. The molecular formula is C12H16N4O3S. The molecule has 1 aromatic carbocycles. The molecule has 0 unspecified atom stereocenters. The number of aliphatic hydroxyl groups excluding tert-OH is 1. The van der Waals surface area contributed by atoms with Gasteiger partial charge in [0.25, 0.3) is 0 Å². The van der Waals surface area contributed by atoms with Crippen LogP contribution in [0.1, 0.15) is 17.0 Å². The van der Waals surface area contributed by atoms with Crippen LogP contribution in [0, 0.1) is 0 Å². The number of nitrogens with zero attached hydrogens (tertiary/aromatic N) is 3. The Morgan fingerprint density at radius 2 is 2.10 bits per heavy atom. The highest BCUT2D eigenvalue weighted by Gasteiger charge is 2.13. The summed E-state index contributed by atoms with van der Waals surface area (Å²) in [6.07, 6.45) is 1.51. The first-order valence-corrected chi connectivity index (χ1v) is 7.64. The molecular weight excluding hydrogens is 280 g/mol. The first kappa shape index (κ1) is 14.6. The van der Waals surface area contributed by atoms with Crippen LogP contribution in [-0.4, -0.2) is 28.3 Å². The minimum absolute atomic E-state index is 0.0958. The molecule has 1 heterocycles. The van der Waals surface area contributed by atoms with Crippen LogP contribution in [0.5, 0.6) is 0 Å². The molecule has 7 nitrogen and oxygen atoms in total. The number of sulfonamides is 1. The molecule has 0 aliphatic rings. The molecule has 2 aromatic rings. The quantitative estimate of drug-likeness (QED) is 0.777. The highest BCUT2D eigenvalue weighted by atomic mass is 32.2. The summed E-state index contributed by atoms with van der Waals surface area (Å²) in [5.74, 6) is 0.399. The summed E-state index contributed by atoms with van der Waals surface area (Å²) in [6, 6.07) is 6.84. The third-order valence-electron chi connectivity index (χ3n) is 2.79. The topological polar surface area (TPSA) is 97.1 Å². The second-order valence-electron chi connectivity index (χ2n) is 4.42. The number of aliphatic hydroxyl groups is 1. The number of hydrogen-bond acceptors (Lipinski definition) is 5. The molecule has 2 N–H and O–H groups in total. The SMILES string of the molecule is Cn1cnnc1CNS(=O)(=O)Cc1cccc(CO)c1. The third kappa shape index (κ3) is 3.86. The Labute approximate surface area is 117 Å². The zero-order chi connectivity index (χ0) is 14.6. The molecule has 0 aliphatic heterocycles. The van der Waals surface area contributed by atoms with Gasteiger partial charge in [0, 0.05) is 7.05 Å². The fraction of sp³-hybridized carbons (Fsp3) is 0.333. The summed E-state index contributed by atoms with van der Waals surface area (Å²) in [7, 11) is -1.72. The van der Waals surface area contributed by atoms with E-state index in [0.717, 1.165) is 0 Å². The van der Waals surface area contributed by atoms with Crippen molar-refractivity contribution in [2.75, 3.05) is 0 Å². The molecule has 108 valence electrons. The Bertz CT molecular complexity index is 682. The molecule has 0 saturated carbocycles. The summed E-state index contributed by atoms with van der Waals surface area (Å²) in [4.78, 5) is 0. The van der Waals surface area contributed by atoms with Crippen LogP contribution in [0.2, 0.25) is 0 Å². The van der Waals surface area contributed by atoms with Gasteiger partial charge in [-0.15, -0.1) is 10.2 Å². The second-order valence-corrected chi connectivity index (χ2v) is 6.22. The average Bonchev–Trinajstić information content (AvgIpc) is 2.82. The average molecular weight is 296 g/mol. The lowest BCUT2D eigenvalue weighted by molar-refractivity contribution is 0.282. The van der Waals surface area contributed by atoms with E-state index in [0.29, 0.717) is 17.0 Å². The molecule has 0 saturated heterocycles. The van der Waals surface area contributed by atoms with Crippen LogP contribution in [0.4, 0.5) is 0 Å². The smallest absolute Gasteiger partial charge is 0.216 e. The molecule has 0 spiro atoms. The summed E-state index contributed by atoms with van der Waals surface area (Å²) in [5, 5.41) is 16.5. The molecule has 0 aliphatic carbocycles. The van der Waals surface area contributed by atoms with Crippen LogP contribution in [0.3, 0.4) is 0 Å². The van der Waals surface area contributed by atoms with Gasteiger partial charge in [0.15, 0.2) is 0 Å². The second kappa shape index (κ2) is 6.12. The summed E-state index contributed by atoms with van der Waals surface area (Å²) < 4.78 is 28.1. The molecule has 0 amide bonds. The molecule has 1 aromatic heterocycles. The van der Waals surface area contributed by atoms with Gasteiger partial charge >= 0.3 is 0 Å². The van der Waals surface area contributed by atoms with Gasteiger partial charge in [-0.05, 0) is 11.1 Å². The molecule has 2 rings (SSSR count). The van der Waals surface area contributed by atoms with E-state index in [1.54, 1.807) is 35.9 Å². The number of aromatic nitrogens is 3. The van der Waals surface area contributed by atoms with Crippen LogP contribution in [0.25, 0.3) is 0 Å². The van der Waals surface area contributed by atoms with Crippen molar-refractivity contribution in [3.8, 4) is 0 Å². The van der Waals surface area contributed by atoms with Gasteiger partial charge in [-0.25, -0.2) is 13.1 Å². The zero-order valence-electron chi connectivity index (χ0n) is 11.0. The van der Waals surface area contributed by atoms with Crippen molar-refractivity contribution >= 4 is 10.0 Å². The Morgan fingerprint density at radius 1 is 1.35 bits per heavy atom. The number of hydrogen-bond donors (Lipinski definition) is 2. The fourth-order valence-electron chi connectivity index (χ4n) is 1.73. The number of benzene rings is 1. The predicted octanol–water partition coefficient (Wildman–Crippen LogP) is -0.0730. The first-order valence-electron chi connectivity index (χ1n) is 5.99. The molecule has 0 bridgehead atoms. The maximum atomic E-state index is 12.0. The minimum atomic E-state index is -3.47. The van der Waals surface area contributed by atoms with Crippen molar-refractivity contribution in [1.29, 1.82) is 0 Å². The molecule has 8 heteroatoms. The van der Waals surface area contributed by atoms with Crippen molar-refractivity contribution < 1.29 is 13.5 Å². The van der Waals surface area contributed by atoms with E-state index in [9.17, 15) is 8.42 Å². The van der Waals surface area contributed by atoms with Crippen LogP contribution in [0.15, 0.2) is 30.6 Å². The minimum Gasteiger partial charge on any atom is -0.392 e. The Kier molecular flexibility index (Phi) is 4.48. The molecule has 0 radical (unpaired) electrons. The third-order valence-corrected chi connectivity index (χ3v) is 4.08. The van der Waals surface area contributed by atoms with Crippen molar-refractivity contribution in [2.24, 2.45) is 7.05 Å².